The molecule has 2 aliphatic heterocycles. The van der Waals surface area contributed by atoms with Gasteiger partial charge >= 0.3 is 0 Å². The van der Waals surface area contributed by atoms with Crippen LogP contribution in [0.4, 0.5) is 5.69 Å². The summed E-state index contributed by atoms with van der Waals surface area (Å²) in [5.74, 6) is 1.46. The van der Waals surface area contributed by atoms with Gasteiger partial charge in [-0.05, 0) is 55.0 Å². The second-order valence-electron chi connectivity index (χ2n) is 6.16. The molecule has 27 heavy (non-hydrogen) atoms. The van der Waals surface area contributed by atoms with Crippen molar-refractivity contribution in [3.8, 4) is 11.5 Å². The molecule has 2 heterocycles. The van der Waals surface area contributed by atoms with Crippen LogP contribution in [0.5, 0.6) is 11.5 Å². The van der Waals surface area contributed by atoms with E-state index in [1.807, 2.05) is 61.5 Å². The quantitative estimate of drug-likeness (QED) is 0.551. The Labute approximate surface area is 167 Å². The molecule has 2 aliphatic rings. The highest BCUT2D eigenvalue weighted by atomic mass is 32.2. The molecule has 2 aromatic rings. The molecule has 1 fully saturated rings. The molecule has 1 saturated heterocycles. The monoisotopic (exact) mass is 395 g/mol. The van der Waals surface area contributed by atoms with E-state index in [0.717, 1.165) is 28.3 Å². The fraction of sp³-hybridized carbons (Fsp3) is 0.143. The SMILES string of the molecule is COc1ccc(N2C(=O)/C(=C/C3=Cc4ccccc4O[C@@H]3C)SC2=S)cc1. The number of thioether (sulfide) groups is 1. The topological polar surface area (TPSA) is 38.8 Å². The number of benzene rings is 2. The first kappa shape index (κ1) is 17.8. The van der Waals surface area contributed by atoms with E-state index >= 15 is 0 Å². The van der Waals surface area contributed by atoms with E-state index in [0.29, 0.717) is 9.23 Å². The van der Waals surface area contributed by atoms with Crippen molar-refractivity contribution in [2.24, 2.45) is 0 Å². The predicted octanol–water partition coefficient (Wildman–Crippen LogP) is 4.81. The molecule has 0 radical (unpaired) electrons. The third kappa shape index (κ3) is 3.38. The van der Waals surface area contributed by atoms with Gasteiger partial charge in [-0.3, -0.25) is 9.69 Å². The Morgan fingerprint density at radius 2 is 1.93 bits per heavy atom. The average molecular weight is 396 g/mol. The summed E-state index contributed by atoms with van der Waals surface area (Å²) < 4.78 is 11.6. The van der Waals surface area contributed by atoms with Crippen LogP contribution < -0.4 is 14.4 Å². The van der Waals surface area contributed by atoms with Gasteiger partial charge in [0.05, 0.1) is 17.7 Å². The van der Waals surface area contributed by atoms with E-state index in [9.17, 15) is 4.79 Å². The van der Waals surface area contributed by atoms with Crippen molar-refractivity contribution >= 4 is 46.0 Å². The summed E-state index contributed by atoms with van der Waals surface area (Å²) in [6, 6.07) is 15.1. The van der Waals surface area contributed by atoms with Crippen molar-refractivity contribution in [3.63, 3.8) is 0 Å². The molecule has 0 N–H and O–H groups in total. The van der Waals surface area contributed by atoms with Gasteiger partial charge < -0.3 is 9.47 Å². The van der Waals surface area contributed by atoms with Crippen molar-refractivity contribution < 1.29 is 14.3 Å². The standard InChI is InChI=1S/C21H17NO3S2/c1-13-15(11-14-5-3-4-6-18(14)25-13)12-19-20(23)22(21(26)27-19)16-7-9-17(24-2)10-8-16/h3-13H,1-2H3/b19-12-/t13-/m1/s1. The minimum Gasteiger partial charge on any atom is -0.497 e. The predicted molar refractivity (Wildman–Crippen MR) is 113 cm³/mol. The lowest BCUT2D eigenvalue weighted by Crippen LogP contribution is -2.27. The lowest BCUT2D eigenvalue weighted by molar-refractivity contribution is -0.113. The number of anilines is 1. The van der Waals surface area contributed by atoms with Gasteiger partial charge in [0.2, 0.25) is 0 Å². The Hall–Kier alpha value is -2.57. The van der Waals surface area contributed by atoms with Crippen LogP contribution in [0.2, 0.25) is 0 Å². The molecule has 6 heteroatoms. The van der Waals surface area contributed by atoms with E-state index in [1.165, 1.54) is 11.8 Å². The number of ether oxygens (including phenoxy) is 2. The fourth-order valence-electron chi connectivity index (χ4n) is 2.99. The number of nitrogens with zero attached hydrogens (tertiary/aromatic N) is 1. The third-order valence-electron chi connectivity index (χ3n) is 4.44. The van der Waals surface area contributed by atoms with Crippen LogP contribution in [-0.4, -0.2) is 23.4 Å². The van der Waals surface area contributed by atoms with Crippen molar-refractivity contribution in [2.75, 3.05) is 12.0 Å². The van der Waals surface area contributed by atoms with Gasteiger partial charge in [0, 0.05) is 5.56 Å². The summed E-state index contributed by atoms with van der Waals surface area (Å²) in [6.45, 7) is 1.97. The third-order valence-corrected chi connectivity index (χ3v) is 5.74. The number of amides is 1. The van der Waals surface area contributed by atoms with Crippen LogP contribution in [0.25, 0.3) is 6.08 Å². The summed E-state index contributed by atoms with van der Waals surface area (Å²) >= 11 is 6.75. The number of carbonyl (C=O) groups excluding carboxylic acids is 1. The summed E-state index contributed by atoms with van der Waals surface area (Å²) in [5.41, 5.74) is 2.69. The van der Waals surface area contributed by atoms with Gasteiger partial charge in [-0.2, -0.15) is 0 Å². The number of thiocarbonyl (C=S) groups is 1. The average Bonchev–Trinajstić information content (AvgIpc) is 2.96. The van der Waals surface area contributed by atoms with Crippen LogP contribution in [0.3, 0.4) is 0 Å². The summed E-state index contributed by atoms with van der Waals surface area (Å²) in [6.07, 6.45) is 3.80. The van der Waals surface area contributed by atoms with E-state index in [2.05, 4.69) is 6.08 Å². The molecule has 2 aromatic carbocycles. The van der Waals surface area contributed by atoms with Gasteiger partial charge in [-0.25, -0.2) is 0 Å². The highest BCUT2D eigenvalue weighted by molar-refractivity contribution is 8.27. The summed E-state index contributed by atoms with van der Waals surface area (Å²) in [5, 5.41) is 0. The molecule has 0 aromatic heterocycles. The number of fused-ring (bicyclic) bond motifs is 1. The van der Waals surface area contributed by atoms with Crippen LogP contribution >= 0.6 is 24.0 Å². The lowest BCUT2D eigenvalue weighted by atomic mass is 10.0. The number of hydrogen-bond acceptors (Lipinski definition) is 5. The molecule has 4 nitrogen and oxygen atoms in total. The molecular weight excluding hydrogens is 378 g/mol. The Balaban J connectivity index is 1.64. The Morgan fingerprint density at radius 1 is 1.19 bits per heavy atom. The summed E-state index contributed by atoms with van der Waals surface area (Å²) in [4.78, 5) is 15.1. The number of carbonyl (C=O) groups is 1. The van der Waals surface area contributed by atoms with Crippen molar-refractivity contribution in [3.05, 3.63) is 70.6 Å². The minimum atomic E-state index is -0.135. The Bertz CT molecular complexity index is 979. The van der Waals surface area contributed by atoms with Gasteiger partial charge in [0.15, 0.2) is 4.32 Å². The molecule has 0 saturated carbocycles. The molecule has 0 aliphatic carbocycles. The van der Waals surface area contributed by atoms with Gasteiger partial charge in [-0.15, -0.1) is 0 Å². The van der Waals surface area contributed by atoms with E-state index in [1.54, 1.807) is 12.0 Å². The Morgan fingerprint density at radius 3 is 2.67 bits per heavy atom. The first-order valence-corrected chi connectivity index (χ1v) is 9.68. The molecule has 0 bridgehead atoms. The van der Waals surface area contributed by atoms with Gasteiger partial charge in [0.25, 0.3) is 5.91 Å². The van der Waals surface area contributed by atoms with E-state index < -0.39 is 0 Å². The zero-order valence-electron chi connectivity index (χ0n) is 14.8. The second-order valence-corrected chi connectivity index (χ2v) is 7.83. The molecule has 1 amide bonds. The molecule has 0 spiro atoms. The smallest absolute Gasteiger partial charge is 0.270 e. The maximum atomic E-state index is 12.9. The van der Waals surface area contributed by atoms with Crippen molar-refractivity contribution in [1.29, 1.82) is 0 Å². The zero-order valence-corrected chi connectivity index (χ0v) is 16.5. The molecule has 4 rings (SSSR count). The lowest BCUT2D eigenvalue weighted by Gasteiger charge is -2.23. The van der Waals surface area contributed by atoms with E-state index in [-0.39, 0.29) is 12.0 Å². The maximum absolute atomic E-state index is 12.9. The number of para-hydroxylation sites is 1. The molecule has 1 atom stereocenters. The summed E-state index contributed by atoms with van der Waals surface area (Å²) in [7, 11) is 1.61. The normalized spacial score (nSPS) is 20.4. The number of rotatable bonds is 3. The fourth-order valence-corrected chi connectivity index (χ4v) is 4.29. The first-order valence-electron chi connectivity index (χ1n) is 8.46. The Kier molecular flexibility index (Phi) is 4.76. The first-order chi connectivity index (χ1) is 13.1. The van der Waals surface area contributed by atoms with Crippen LogP contribution in [-0.2, 0) is 4.79 Å². The molecular formula is C21H17NO3S2. The van der Waals surface area contributed by atoms with Crippen molar-refractivity contribution in [2.45, 2.75) is 13.0 Å². The zero-order chi connectivity index (χ0) is 19.0. The number of methoxy groups -OCH3 is 1. The minimum absolute atomic E-state index is 0.123. The molecule has 0 unspecified atom stereocenters. The second kappa shape index (κ2) is 7.21. The van der Waals surface area contributed by atoms with Crippen molar-refractivity contribution in [1.82, 2.24) is 0 Å². The molecule has 136 valence electrons. The van der Waals surface area contributed by atoms with Crippen LogP contribution in [0.15, 0.2) is 65.1 Å². The highest BCUT2D eigenvalue weighted by Gasteiger charge is 2.34. The maximum Gasteiger partial charge on any atom is 0.270 e. The highest BCUT2D eigenvalue weighted by Crippen LogP contribution is 2.38. The van der Waals surface area contributed by atoms with Crippen LogP contribution in [0.1, 0.15) is 12.5 Å². The number of hydrogen-bond donors (Lipinski definition) is 0. The van der Waals surface area contributed by atoms with Gasteiger partial charge in [-0.1, -0.05) is 42.2 Å². The largest absolute Gasteiger partial charge is 0.497 e. The van der Waals surface area contributed by atoms with E-state index in [4.69, 9.17) is 21.7 Å². The van der Waals surface area contributed by atoms with Crippen LogP contribution in [0, 0.1) is 0 Å². The van der Waals surface area contributed by atoms with Gasteiger partial charge in [0.1, 0.15) is 17.6 Å².